The lowest BCUT2D eigenvalue weighted by atomic mass is 10.1. The van der Waals surface area contributed by atoms with E-state index in [9.17, 15) is 14.0 Å². The Morgan fingerprint density at radius 2 is 2.20 bits per heavy atom. The first-order valence-electron chi connectivity index (χ1n) is 5.66. The Morgan fingerprint density at radius 1 is 1.45 bits per heavy atom. The second kappa shape index (κ2) is 6.11. The van der Waals surface area contributed by atoms with Gasteiger partial charge in [-0.2, -0.15) is 0 Å². The molecule has 0 atom stereocenters. The number of nitrogens with zero attached hydrogens (tertiary/aromatic N) is 1. The number of Topliss-reactive ketones (excluding diaryl/α,β-unsaturated/α-hetero) is 1. The minimum atomic E-state index is -0.531. The van der Waals surface area contributed by atoms with Crippen molar-refractivity contribution in [3.63, 3.8) is 0 Å². The van der Waals surface area contributed by atoms with Gasteiger partial charge in [-0.1, -0.05) is 17.7 Å². The van der Waals surface area contributed by atoms with Crippen molar-refractivity contribution >= 4 is 39.8 Å². The molecule has 0 unspecified atom stereocenters. The van der Waals surface area contributed by atoms with Gasteiger partial charge in [0.25, 0.3) is 0 Å². The Hall–Kier alpha value is -1.79. The lowest BCUT2D eigenvalue weighted by Crippen LogP contribution is -2.15. The van der Waals surface area contributed by atoms with E-state index >= 15 is 0 Å². The van der Waals surface area contributed by atoms with Crippen molar-refractivity contribution in [2.45, 2.75) is 13.3 Å². The molecule has 20 heavy (non-hydrogen) atoms. The van der Waals surface area contributed by atoms with Crippen LogP contribution < -0.4 is 5.32 Å². The average molecular weight is 313 g/mol. The van der Waals surface area contributed by atoms with E-state index in [4.69, 9.17) is 11.6 Å². The zero-order valence-electron chi connectivity index (χ0n) is 10.4. The fourth-order valence-corrected chi connectivity index (χ4v) is 2.51. The summed E-state index contributed by atoms with van der Waals surface area (Å²) < 4.78 is 13.5. The van der Waals surface area contributed by atoms with Crippen LogP contribution in [0.25, 0.3) is 0 Å². The van der Waals surface area contributed by atoms with Gasteiger partial charge in [0.15, 0.2) is 10.9 Å². The van der Waals surface area contributed by atoms with E-state index in [1.165, 1.54) is 25.1 Å². The molecule has 0 saturated heterocycles. The number of carbonyl (C=O) groups is 2. The molecule has 0 aliphatic heterocycles. The molecule has 1 N–H and O–H groups in total. The lowest BCUT2D eigenvalue weighted by molar-refractivity contribution is -0.115. The third-order valence-corrected chi connectivity index (χ3v) is 3.62. The number of anilines is 1. The summed E-state index contributed by atoms with van der Waals surface area (Å²) >= 11 is 6.98. The molecule has 1 aromatic carbocycles. The summed E-state index contributed by atoms with van der Waals surface area (Å²) in [6, 6.07) is 4.23. The van der Waals surface area contributed by atoms with E-state index in [0.717, 1.165) is 11.3 Å². The number of thiazole rings is 1. The number of hydrogen-bond donors (Lipinski definition) is 1. The monoisotopic (exact) mass is 312 g/mol. The van der Waals surface area contributed by atoms with E-state index in [1.54, 1.807) is 5.38 Å². The molecule has 4 nitrogen and oxygen atoms in total. The van der Waals surface area contributed by atoms with Crippen LogP contribution in [0.2, 0.25) is 5.02 Å². The van der Waals surface area contributed by atoms with Crippen molar-refractivity contribution in [2.24, 2.45) is 0 Å². The predicted octanol–water partition coefficient (Wildman–Crippen LogP) is 3.32. The van der Waals surface area contributed by atoms with Crippen LogP contribution >= 0.6 is 22.9 Å². The first-order valence-corrected chi connectivity index (χ1v) is 6.92. The highest BCUT2D eigenvalue weighted by Crippen LogP contribution is 2.21. The van der Waals surface area contributed by atoms with E-state index < -0.39 is 11.7 Å². The summed E-state index contributed by atoms with van der Waals surface area (Å²) in [7, 11) is 0. The number of halogens is 2. The maximum absolute atomic E-state index is 13.5. The maximum Gasteiger partial charge on any atom is 0.230 e. The second-order valence-corrected chi connectivity index (χ2v) is 5.28. The topological polar surface area (TPSA) is 59.1 Å². The van der Waals surface area contributed by atoms with Crippen LogP contribution in [-0.2, 0) is 11.2 Å². The van der Waals surface area contributed by atoms with Crippen LogP contribution in [0.4, 0.5) is 9.52 Å². The number of hydrogen-bond acceptors (Lipinski definition) is 4. The van der Waals surface area contributed by atoms with Crippen LogP contribution in [0.1, 0.15) is 23.0 Å². The van der Waals surface area contributed by atoms with E-state index in [2.05, 4.69) is 10.3 Å². The third-order valence-electron chi connectivity index (χ3n) is 2.51. The van der Waals surface area contributed by atoms with Gasteiger partial charge in [-0.15, -0.1) is 11.3 Å². The highest BCUT2D eigenvalue weighted by molar-refractivity contribution is 7.14. The maximum atomic E-state index is 13.5. The van der Waals surface area contributed by atoms with Gasteiger partial charge in [-0.25, -0.2) is 9.37 Å². The van der Waals surface area contributed by atoms with Crippen molar-refractivity contribution < 1.29 is 14.0 Å². The Kier molecular flexibility index (Phi) is 4.46. The van der Waals surface area contributed by atoms with Gasteiger partial charge in [-0.3, -0.25) is 9.59 Å². The summed E-state index contributed by atoms with van der Waals surface area (Å²) in [5.41, 5.74) is 0.421. The number of aromatic nitrogens is 1. The largest absolute Gasteiger partial charge is 0.302 e. The van der Waals surface area contributed by atoms with Crippen LogP contribution in [0.5, 0.6) is 0 Å². The van der Waals surface area contributed by atoms with Gasteiger partial charge in [0.2, 0.25) is 5.91 Å². The van der Waals surface area contributed by atoms with Gasteiger partial charge in [-0.05, 0) is 12.1 Å². The first-order chi connectivity index (χ1) is 9.47. The predicted molar refractivity (Wildman–Crippen MR) is 75.9 cm³/mol. The quantitative estimate of drug-likeness (QED) is 0.881. The first kappa shape index (κ1) is 14.6. The SMILES string of the molecule is CC(=O)c1csc(NC(=O)Cc2c(F)cccc2Cl)n1. The Labute approximate surface area is 123 Å². The smallest absolute Gasteiger partial charge is 0.230 e. The summed E-state index contributed by atoms with van der Waals surface area (Å²) in [5.74, 6) is -1.16. The average Bonchev–Trinajstić information content (AvgIpc) is 2.82. The lowest BCUT2D eigenvalue weighted by Gasteiger charge is -2.05. The minimum Gasteiger partial charge on any atom is -0.302 e. The van der Waals surface area contributed by atoms with Crippen molar-refractivity contribution in [3.05, 3.63) is 45.7 Å². The van der Waals surface area contributed by atoms with Gasteiger partial charge in [0.05, 0.1) is 6.42 Å². The van der Waals surface area contributed by atoms with Gasteiger partial charge < -0.3 is 5.32 Å². The molecular weight excluding hydrogens is 303 g/mol. The molecule has 1 heterocycles. The van der Waals surface area contributed by atoms with E-state index in [0.29, 0.717) is 5.13 Å². The normalized spacial score (nSPS) is 10.3. The zero-order valence-corrected chi connectivity index (χ0v) is 12.0. The summed E-state index contributed by atoms with van der Waals surface area (Å²) in [4.78, 5) is 26.8. The number of rotatable bonds is 4. The molecule has 2 rings (SSSR count). The van der Waals surface area contributed by atoms with Crippen LogP contribution in [-0.4, -0.2) is 16.7 Å². The van der Waals surface area contributed by atoms with Crippen LogP contribution in [0.3, 0.4) is 0 Å². The van der Waals surface area contributed by atoms with Crippen molar-refractivity contribution in [1.82, 2.24) is 4.98 Å². The summed E-state index contributed by atoms with van der Waals surface area (Å²) in [6.45, 7) is 1.39. The molecular formula is C13H10ClFN2O2S. The molecule has 1 aromatic heterocycles. The molecule has 0 fully saturated rings. The van der Waals surface area contributed by atoms with Crippen LogP contribution in [0.15, 0.2) is 23.6 Å². The highest BCUT2D eigenvalue weighted by Gasteiger charge is 2.14. The number of benzene rings is 1. The van der Waals surface area contributed by atoms with E-state index in [1.807, 2.05) is 0 Å². The molecule has 0 bridgehead atoms. The molecule has 1 amide bonds. The van der Waals surface area contributed by atoms with Gasteiger partial charge in [0, 0.05) is 22.9 Å². The Morgan fingerprint density at radius 3 is 2.80 bits per heavy atom. The minimum absolute atomic E-state index is 0.134. The van der Waals surface area contributed by atoms with E-state index in [-0.39, 0.29) is 28.5 Å². The molecule has 7 heteroatoms. The molecule has 0 aliphatic rings. The van der Waals surface area contributed by atoms with Crippen molar-refractivity contribution in [1.29, 1.82) is 0 Å². The zero-order chi connectivity index (χ0) is 14.7. The van der Waals surface area contributed by atoms with Gasteiger partial charge >= 0.3 is 0 Å². The van der Waals surface area contributed by atoms with Crippen molar-refractivity contribution in [2.75, 3.05) is 5.32 Å². The third kappa shape index (κ3) is 3.40. The summed E-state index contributed by atoms with van der Waals surface area (Å²) in [6.07, 6.45) is -0.194. The fraction of sp³-hybridized carbons (Fsp3) is 0.154. The highest BCUT2D eigenvalue weighted by atomic mass is 35.5. The van der Waals surface area contributed by atoms with Crippen molar-refractivity contribution in [3.8, 4) is 0 Å². The molecule has 0 aliphatic carbocycles. The molecule has 104 valence electrons. The number of carbonyl (C=O) groups excluding carboxylic acids is 2. The standard InChI is InChI=1S/C13H10ClFN2O2S/c1-7(18)11-6-20-13(16-11)17-12(19)5-8-9(14)3-2-4-10(8)15/h2-4,6H,5H2,1H3,(H,16,17,19). The molecule has 0 spiro atoms. The fourth-order valence-electron chi connectivity index (χ4n) is 1.52. The Balaban J connectivity index is 2.07. The number of nitrogens with one attached hydrogen (secondary N) is 1. The number of amides is 1. The van der Waals surface area contributed by atoms with Crippen LogP contribution in [0, 0.1) is 5.82 Å². The molecule has 2 aromatic rings. The number of ketones is 1. The Bertz CT molecular complexity index is 652. The second-order valence-electron chi connectivity index (χ2n) is 4.02. The molecule has 0 saturated carbocycles. The van der Waals surface area contributed by atoms with Gasteiger partial charge in [0.1, 0.15) is 11.5 Å². The summed E-state index contributed by atoms with van der Waals surface area (Å²) in [5, 5.41) is 4.56. The molecule has 0 radical (unpaired) electrons.